The molecule has 24 heavy (non-hydrogen) atoms. The van der Waals surface area contributed by atoms with Crippen LogP contribution in [0.25, 0.3) is 0 Å². The number of rotatable bonds is 6. The third-order valence-electron chi connectivity index (χ3n) is 3.70. The molecule has 7 heteroatoms. The first kappa shape index (κ1) is 16.4. The third-order valence-corrected chi connectivity index (χ3v) is 4.67. The van der Waals surface area contributed by atoms with Gasteiger partial charge in [0.2, 0.25) is 5.91 Å². The van der Waals surface area contributed by atoms with Crippen LogP contribution in [0, 0.1) is 6.92 Å². The molecule has 3 rings (SSSR count). The Morgan fingerprint density at radius 1 is 1.42 bits per heavy atom. The number of amides is 2. The number of benzene rings is 1. The number of hydrogen-bond acceptors (Lipinski definition) is 5. The number of ether oxygens (including phenoxy) is 1. The average Bonchev–Trinajstić information content (AvgIpc) is 2.99. The normalized spacial score (nSPS) is 13.4. The molecule has 1 aliphatic heterocycles. The minimum Gasteiger partial charge on any atom is -0.482 e. The average molecular weight is 345 g/mol. The van der Waals surface area contributed by atoms with Crippen molar-refractivity contribution in [2.24, 2.45) is 0 Å². The maximum absolute atomic E-state index is 12.0. The summed E-state index contributed by atoms with van der Waals surface area (Å²) < 4.78 is 5.39. The third kappa shape index (κ3) is 3.91. The molecule has 1 aliphatic rings. The maximum atomic E-state index is 12.0. The van der Waals surface area contributed by atoms with Gasteiger partial charge in [-0.2, -0.15) is 0 Å². The van der Waals surface area contributed by atoms with Gasteiger partial charge in [0.05, 0.1) is 10.7 Å². The van der Waals surface area contributed by atoms with Crippen LogP contribution in [-0.4, -0.2) is 36.5 Å². The summed E-state index contributed by atoms with van der Waals surface area (Å²) in [5, 5.41) is 3.90. The van der Waals surface area contributed by atoms with E-state index in [1.54, 1.807) is 16.2 Å². The predicted octanol–water partition coefficient (Wildman–Crippen LogP) is 1.93. The van der Waals surface area contributed by atoms with Gasteiger partial charge in [-0.1, -0.05) is 12.1 Å². The Kier molecular flexibility index (Phi) is 5.10. The van der Waals surface area contributed by atoms with Crippen molar-refractivity contribution in [1.29, 1.82) is 0 Å². The van der Waals surface area contributed by atoms with Gasteiger partial charge in [0.25, 0.3) is 5.91 Å². The summed E-state index contributed by atoms with van der Waals surface area (Å²) in [6.45, 7) is 2.93. The van der Waals surface area contributed by atoms with Crippen LogP contribution in [-0.2, 0) is 16.0 Å². The number of carbonyl (C=O) groups excluding carboxylic acids is 2. The van der Waals surface area contributed by atoms with Gasteiger partial charge in [-0.15, -0.1) is 11.3 Å². The fraction of sp³-hybridized carbons (Fsp3) is 0.353. The molecule has 0 saturated carbocycles. The molecule has 2 heterocycles. The molecule has 0 unspecified atom stereocenters. The first-order chi connectivity index (χ1) is 11.6. The minimum atomic E-state index is -0.125. The fourth-order valence-electron chi connectivity index (χ4n) is 2.53. The molecule has 0 fully saturated rings. The fourth-order valence-corrected chi connectivity index (χ4v) is 3.31. The number of hydrogen-bond donors (Lipinski definition) is 1. The van der Waals surface area contributed by atoms with Gasteiger partial charge < -0.3 is 15.0 Å². The van der Waals surface area contributed by atoms with Crippen molar-refractivity contribution >= 4 is 28.8 Å². The van der Waals surface area contributed by atoms with E-state index in [2.05, 4.69) is 10.3 Å². The largest absolute Gasteiger partial charge is 0.482 e. The quantitative estimate of drug-likeness (QED) is 0.868. The van der Waals surface area contributed by atoms with Crippen molar-refractivity contribution in [3.63, 3.8) is 0 Å². The smallest absolute Gasteiger partial charge is 0.265 e. The summed E-state index contributed by atoms with van der Waals surface area (Å²) in [6.07, 6.45) is 2.82. The number of aryl methyl sites for hydroxylation is 1. The number of thiazole rings is 1. The summed E-state index contributed by atoms with van der Waals surface area (Å²) >= 11 is 1.64. The highest BCUT2D eigenvalue weighted by Gasteiger charge is 2.25. The van der Waals surface area contributed by atoms with E-state index in [-0.39, 0.29) is 24.8 Å². The first-order valence-corrected chi connectivity index (χ1v) is 8.65. The molecular weight excluding hydrogens is 326 g/mol. The Bertz CT molecular complexity index is 744. The van der Waals surface area contributed by atoms with Crippen LogP contribution in [0.5, 0.6) is 5.75 Å². The molecule has 2 amide bonds. The van der Waals surface area contributed by atoms with Crippen molar-refractivity contribution in [1.82, 2.24) is 10.3 Å². The Hall–Kier alpha value is -2.41. The molecule has 0 atom stereocenters. The van der Waals surface area contributed by atoms with E-state index in [1.165, 1.54) is 4.88 Å². The molecule has 0 spiro atoms. The van der Waals surface area contributed by atoms with Crippen LogP contribution in [0.2, 0.25) is 0 Å². The molecular formula is C17H19N3O3S. The Morgan fingerprint density at radius 3 is 3.04 bits per heavy atom. The number of aromatic nitrogens is 1. The number of fused-ring (bicyclic) bond motifs is 1. The van der Waals surface area contributed by atoms with E-state index in [9.17, 15) is 9.59 Å². The van der Waals surface area contributed by atoms with Gasteiger partial charge in [0.15, 0.2) is 6.61 Å². The topological polar surface area (TPSA) is 71.5 Å². The molecule has 0 saturated heterocycles. The lowest BCUT2D eigenvalue weighted by Crippen LogP contribution is -2.41. The molecule has 1 aromatic carbocycles. The number of anilines is 1. The summed E-state index contributed by atoms with van der Waals surface area (Å²) in [4.78, 5) is 31.1. The standard InChI is InChI=1S/C17H19N3O3S/c1-12-10-19-16(24-12)6-8-18-15(21)7-9-20-13-4-2-3-5-14(13)23-11-17(20)22/h2-5,10H,6-9,11H2,1H3,(H,18,21). The van der Waals surface area contributed by atoms with Crippen LogP contribution < -0.4 is 15.0 Å². The van der Waals surface area contributed by atoms with Crippen molar-refractivity contribution in [2.75, 3.05) is 24.6 Å². The molecule has 126 valence electrons. The van der Waals surface area contributed by atoms with Crippen LogP contribution in [0.1, 0.15) is 16.3 Å². The molecule has 6 nitrogen and oxygen atoms in total. The molecule has 2 aromatic rings. The zero-order valence-corrected chi connectivity index (χ0v) is 14.3. The zero-order valence-electron chi connectivity index (χ0n) is 13.4. The second-order valence-electron chi connectivity index (χ2n) is 5.52. The van der Waals surface area contributed by atoms with E-state index >= 15 is 0 Å². The minimum absolute atomic E-state index is 0.0159. The molecule has 1 N–H and O–H groups in total. The van der Waals surface area contributed by atoms with Crippen LogP contribution in [0.4, 0.5) is 5.69 Å². The maximum Gasteiger partial charge on any atom is 0.265 e. The van der Waals surface area contributed by atoms with Gasteiger partial charge in [-0.05, 0) is 19.1 Å². The van der Waals surface area contributed by atoms with Crippen molar-refractivity contribution in [3.05, 3.63) is 40.3 Å². The van der Waals surface area contributed by atoms with E-state index < -0.39 is 0 Å². The summed E-state index contributed by atoms with van der Waals surface area (Å²) in [5.74, 6) is 0.483. The van der Waals surface area contributed by atoms with Crippen molar-refractivity contribution < 1.29 is 14.3 Å². The van der Waals surface area contributed by atoms with E-state index in [0.717, 1.165) is 17.1 Å². The molecule has 1 aromatic heterocycles. The number of nitrogens with one attached hydrogen (secondary N) is 1. The Balaban J connectivity index is 1.48. The second kappa shape index (κ2) is 7.44. The van der Waals surface area contributed by atoms with Gasteiger partial charge in [0, 0.05) is 37.0 Å². The number of nitrogens with zero attached hydrogens (tertiary/aromatic N) is 2. The molecule has 0 bridgehead atoms. The van der Waals surface area contributed by atoms with Crippen LogP contribution >= 0.6 is 11.3 Å². The summed E-state index contributed by atoms with van der Waals surface area (Å²) in [5.41, 5.74) is 0.722. The Morgan fingerprint density at radius 2 is 2.25 bits per heavy atom. The van der Waals surface area contributed by atoms with Crippen molar-refractivity contribution in [2.45, 2.75) is 19.8 Å². The first-order valence-electron chi connectivity index (χ1n) is 7.83. The van der Waals surface area contributed by atoms with Gasteiger partial charge in [0.1, 0.15) is 5.75 Å². The van der Waals surface area contributed by atoms with E-state index in [1.807, 2.05) is 37.4 Å². The lowest BCUT2D eigenvalue weighted by atomic mass is 10.2. The highest BCUT2D eigenvalue weighted by atomic mass is 32.1. The Labute approximate surface area is 144 Å². The highest BCUT2D eigenvalue weighted by molar-refractivity contribution is 7.11. The van der Waals surface area contributed by atoms with E-state index in [0.29, 0.717) is 18.8 Å². The summed E-state index contributed by atoms with van der Waals surface area (Å²) in [7, 11) is 0. The lowest BCUT2D eigenvalue weighted by molar-refractivity contribution is -0.122. The second-order valence-corrected chi connectivity index (χ2v) is 6.84. The highest BCUT2D eigenvalue weighted by Crippen LogP contribution is 2.31. The SMILES string of the molecule is Cc1cnc(CCNC(=O)CCN2C(=O)COc3ccccc32)s1. The van der Waals surface area contributed by atoms with Gasteiger partial charge in [-0.3, -0.25) is 9.59 Å². The van der Waals surface area contributed by atoms with Crippen LogP contribution in [0.15, 0.2) is 30.5 Å². The number of carbonyl (C=O) groups is 2. The summed E-state index contributed by atoms with van der Waals surface area (Å²) in [6, 6.07) is 7.36. The monoisotopic (exact) mass is 345 g/mol. The van der Waals surface area contributed by atoms with Gasteiger partial charge in [-0.25, -0.2) is 4.98 Å². The molecule has 0 radical (unpaired) electrons. The zero-order chi connectivity index (χ0) is 16.9. The van der Waals surface area contributed by atoms with E-state index in [4.69, 9.17) is 4.74 Å². The van der Waals surface area contributed by atoms with Crippen molar-refractivity contribution in [3.8, 4) is 5.75 Å². The molecule has 0 aliphatic carbocycles. The van der Waals surface area contributed by atoms with Gasteiger partial charge >= 0.3 is 0 Å². The van der Waals surface area contributed by atoms with Crippen LogP contribution in [0.3, 0.4) is 0 Å². The predicted molar refractivity (Wildman–Crippen MR) is 92.5 cm³/mol. The number of para-hydroxylation sites is 2. The lowest BCUT2D eigenvalue weighted by Gasteiger charge is -2.29.